The van der Waals surface area contributed by atoms with Gasteiger partial charge in [-0.25, -0.2) is 4.79 Å². The summed E-state index contributed by atoms with van der Waals surface area (Å²) in [6.07, 6.45) is 6.49. The van der Waals surface area contributed by atoms with Gasteiger partial charge in [-0.15, -0.1) is 0 Å². The Kier molecular flexibility index (Phi) is 5.41. The molecule has 0 heterocycles. The Balaban J connectivity index is 1.87. The molecule has 0 amide bonds. The second-order valence-electron chi connectivity index (χ2n) is 5.99. The van der Waals surface area contributed by atoms with Gasteiger partial charge in [0.05, 0.1) is 25.4 Å². The maximum Gasteiger partial charge on any atom is 0.328 e. The molecule has 0 bridgehead atoms. The largest absolute Gasteiger partial charge is 0.465 e. The van der Waals surface area contributed by atoms with Gasteiger partial charge >= 0.3 is 5.97 Å². The molecular formula is C15H27NO4. The van der Waals surface area contributed by atoms with Crippen LogP contribution in [0.15, 0.2) is 0 Å². The van der Waals surface area contributed by atoms with Crippen molar-refractivity contribution >= 4 is 5.97 Å². The molecule has 0 saturated heterocycles. The van der Waals surface area contributed by atoms with Crippen molar-refractivity contribution in [1.82, 2.24) is 0 Å². The minimum atomic E-state index is -0.962. The number of methoxy groups -OCH3 is 1. The van der Waals surface area contributed by atoms with Crippen LogP contribution in [0.3, 0.4) is 0 Å². The van der Waals surface area contributed by atoms with Gasteiger partial charge in [0.25, 0.3) is 0 Å². The summed E-state index contributed by atoms with van der Waals surface area (Å²) in [6, 6.07) is 0. The van der Waals surface area contributed by atoms with E-state index in [1.165, 1.54) is 0 Å². The van der Waals surface area contributed by atoms with Gasteiger partial charge in [-0.3, -0.25) is 0 Å². The highest BCUT2D eigenvalue weighted by Crippen LogP contribution is 2.39. The van der Waals surface area contributed by atoms with Crippen molar-refractivity contribution in [2.75, 3.05) is 20.3 Å². The van der Waals surface area contributed by atoms with E-state index in [0.717, 1.165) is 38.5 Å². The van der Waals surface area contributed by atoms with Crippen molar-refractivity contribution in [2.45, 2.75) is 63.2 Å². The highest BCUT2D eigenvalue weighted by Gasteiger charge is 2.50. The quantitative estimate of drug-likeness (QED) is 0.720. The third-order valence-corrected chi connectivity index (χ3v) is 4.43. The maximum absolute atomic E-state index is 12.1. The first kappa shape index (κ1) is 15.7. The normalized spacial score (nSPS) is 29.8. The molecule has 2 rings (SSSR count). The summed E-state index contributed by atoms with van der Waals surface area (Å²) >= 11 is 0. The van der Waals surface area contributed by atoms with Crippen molar-refractivity contribution in [3.63, 3.8) is 0 Å². The first-order valence-electron chi connectivity index (χ1n) is 7.70. The highest BCUT2D eigenvalue weighted by molar-refractivity contribution is 5.81. The van der Waals surface area contributed by atoms with Crippen molar-refractivity contribution in [1.29, 1.82) is 0 Å². The standard InChI is InChI=1S/C15H27NO4/c1-3-19-14(17)15(16,11-7-8-11)10-20-13-6-4-5-12(9-13)18-2/h11-13H,3-10,16H2,1-2H3. The molecule has 2 saturated carbocycles. The summed E-state index contributed by atoms with van der Waals surface area (Å²) in [6.45, 7) is 2.42. The molecule has 0 aromatic heterocycles. The van der Waals surface area contributed by atoms with Crippen LogP contribution >= 0.6 is 0 Å². The molecule has 0 aromatic rings. The summed E-state index contributed by atoms with van der Waals surface area (Å²) in [4.78, 5) is 12.1. The van der Waals surface area contributed by atoms with Gasteiger partial charge in [-0.05, 0) is 51.4 Å². The molecule has 2 fully saturated rings. The zero-order valence-corrected chi connectivity index (χ0v) is 12.6. The van der Waals surface area contributed by atoms with E-state index in [0.29, 0.717) is 6.61 Å². The number of esters is 1. The molecule has 3 atom stereocenters. The monoisotopic (exact) mass is 285 g/mol. The minimum absolute atomic E-state index is 0.143. The minimum Gasteiger partial charge on any atom is -0.465 e. The van der Waals surface area contributed by atoms with Gasteiger partial charge in [0.15, 0.2) is 0 Å². The average molecular weight is 285 g/mol. The van der Waals surface area contributed by atoms with E-state index in [-0.39, 0.29) is 30.7 Å². The lowest BCUT2D eigenvalue weighted by molar-refractivity contribution is -0.155. The average Bonchev–Trinajstić information content (AvgIpc) is 3.30. The third kappa shape index (κ3) is 3.71. The zero-order valence-electron chi connectivity index (χ0n) is 12.6. The topological polar surface area (TPSA) is 70.8 Å². The molecule has 2 aliphatic carbocycles. The van der Waals surface area contributed by atoms with Gasteiger partial charge < -0.3 is 19.9 Å². The van der Waals surface area contributed by atoms with Crippen LogP contribution in [0.25, 0.3) is 0 Å². The SMILES string of the molecule is CCOC(=O)C(N)(COC1CCCC(OC)C1)C1CC1. The van der Waals surface area contributed by atoms with E-state index >= 15 is 0 Å². The lowest BCUT2D eigenvalue weighted by Crippen LogP contribution is -2.55. The van der Waals surface area contributed by atoms with E-state index in [1.807, 2.05) is 0 Å². The molecule has 0 spiro atoms. The first-order valence-corrected chi connectivity index (χ1v) is 7.70. The molecule has 20 heavy (non-hydrogen) atoms. The predicted molar refractivity (Wildman–Crippen MR) is 75.3 cm³/mol. The Bertz CT molecular complexity index is 332. The van der Waals surface area contributed by atoms with Crippen molar-refractivity contribution < 1.29 is 19.0 Å². The summed E-state index contributed by atoms with van der Waals surface area (Å²) in [7, 11) is 1.74. The number of hydrogen-bond donors (Lipinski definition) is 1. The van der Waals surface area contributed by atoms with Crippen LogP contribution in [-0.2, 0) is 19.0 Å². The van der Waals surface area contributed by atoms with Crippen LogP contribution in [0.4, 0.5) is 0 Å². The van der Waals surface area contributed by atoms with Crippen LogP contribution < -0.4 is 5.73 Å². The van der Waals surface area contributed by atoms with Crippen molar-refractivity contribution in [3.8, 4) is 0 Å². The molecule has 0 aromatic carbocycles. The fourth-order valence-corrected chi connectivity index (χ4v) is 2.93. The Morgan fingerprint density at radius 1 is 1.25 bits per heavy atom. The van der Waals surface area contributed by atoms with Gasteiger partial charge in [0, 0.05) is 7.11 Å². The Morgan fingerprint density at radius 2 is 1.95 bits per heavy atom. The van der Waals surface area contributed by atoms with E-state index in [4.69, 9.17) is 19.9 Å². The van der Waals surface area contributed by atoms with Crippen LogP contribution in [0.5, 0.6) is 0 Å². The highest BCUT2D eigenvalue weighted by atomic mass is 16.5. The van der Waals surface area contributed by atoms with Gasteiger partial charge in [-0.1, -0.05) is 0 Å². The number of ether oxygens (including phenoxy) is 3. The summed E-state index contributed by atoms with van der Waals surface area (Å²) in [5.74, 6) is -0.107. The number of rotatable bonds is 7. The molecule has 0 aliphatic heterocycles. The van der Waals surface area contributed by atoms with Crippen molar-refractivity contribution in [2.24, 2.45) is 11.7 Å². The molecule has 2 aliphatic rings. The summed E-state index contributed by atoms with van der Waals surface area (Å²) < 4.78 is 16.5. The van der Waals surface area contributed by atoms with E-state index in [9.17, 15) is 4.79 Å². The second-order valence-corrected chi connectivity index (χ2v) is 5.99. The summed E-state index contributed by atoms with van der Waals surface area (Å²) in [5, 5.41) is 0. The van der Waals surface area contributed by atoms with E-state index < -0.39 is 5.54 Å². The van der Waals surface area contributed by atoms with Gasteiger partial charge in [0.1, 0.15) is 5.54 Å². The molecular weight excluding hydrogens is 258 g/mol. The van der Waals surface area contributed by atoms with E-state index in [2.05, 4.69) is 0 Å². The molecule has 5 nitrogen and oxygen atoms in total. The lowest BCUT2D eigenvalue weighted by Gasteiger charge is -2.32. The van der Waals surface area contributed by atoms with Crippen LogP contribution in [0.2, 0.25) is 0 Å². The zero-order chi connectivity index (χ0) is 14.6. The number of carbonyl (C=O) groups excluding carboxylic acids is 1. The second kappa shape index (κ2) is 6.87. The Hall–Kier alpha value is -0.650. The third-order valence-electron chi connectivity index (χ3n) is 4.43. The fraction of sp³-hybridized carbons (Fsp3) is 0.933. The number of hydrogen-bond acceptors (Lipinski definition) is 5. The van der Waals surface area contributed by atoms with Crippen LogP contribution in [0, 0.1) is 5.92 Å². The van der Waals surface area contributed by atoms with Gasteiger partial charge in [-0.2, -0.15) is 0 Å². The number of carbonyl (C=O) groups is 1. The first-order chi connectivity index (χ1) is 9.60. The predicted octanol–water partition coefficient (Wildman–Crippen LogP) is 1.63. The molecule has 3 unspecified atom stereocenters. The molecule has 2 N–H and O–H groups in total. The van der Waals surface area contributed by atoms with Crippen LogP contribution in [-0.4, -0.2) is 44.0 Å². The molecule has 5 heteroatoms. The number of nitrogens with two attached hydrogens (primary N) is 1. The Morgan fingerprint density at radius 3 is 2.55 bits per heavy atom. The summed E-state index contributed by atoms with van der Waals surface area (Å²) in [5.41, 5.74) is 5.32. The lowest BCUT2D eigenvalue weighted by atomic mass is 9.93. The maximum atomic E-state index is 12.1. The molecule has 116 valence electrons. The van der Waals surface area contributed by atoms with E-state index in [1.54, 1.807) is 14.0 Å². The smallest absolute Gasteiger partial charge is 0.328 e. The fourth-order valence-electron chi connectivity index (χ4n) is 2.93. The van der Waals surface area contributed by atoms with Gasteiger partial charge in [0.2, 0.25) is 0 Å². The van der Waals surface area contributed by atoms with Crippen LogP contribution in [0.1, 0.15) is 45.4 Å². The Labute approximate surface area is 121 Å². The molecule has 0 radical (unpaired) electrons. The van der Waals surface area contributed by atoms with Crippen molar-refractivity contribution in [3.05, 3.63) is 0 Å².